The highest BCUT2D eigenvalue weighted by molar-refractivity contribution is 9.10. The highest BCUT2D eigenvalue weighted by Crippen LogP contribution is 2.43. The number of aromatic amines is 1. The minimum Gasteiger partial charge on any atom is -0.353 e. The molecule has 0 aliphatic rings. The van der Waals surface area contributed by atoms with Gasteiger partial charge in [0, 0.05) is 92.4 Å². The standard InChI is InChI=1S/C35H23N5.C25H17N3.C10H7BrN2/c1-4-11-24(12-5-1)29-23-39(26-15-8-3-9-16-26)30-19-18-28-33-31(17-10-20-36-33)40(34(28)32(29)30)27-21-37-35(38-22-27)25-13-6-2-7-14-25;1-3-8-17(9-4-1)20-16-28(18-10-5-2-6-11-18)22-14-13-19-24-21(12-7-15-26-24)27-25(19)23(20)22;11-9-6-12-10(13-7-9)8-4-2-1-3-5-8/h1-23H;1-16,27H;1-7H. The molecule has 0 atom stereocenters. The van der Waals surface area contributed by atoms with Gasteiger partial charge in [-0.25, -0.2) is 19.9 Å². The van der Waals surface area contributed by atoms with Crippen molar-refractivity contribution >= 4 is 81.6 Å². The molecular weight excluding hydrogens is 1060 g/mol. The Balaban J connectivity index is 0.000000124. The van der Waals surface area contributed by atoms with Crippen LogP contribution in [0.2, 0.25) is 0 Å². The first-order valence-corrected chi connectivity index (χ1v) is 27.4. The van der Waals surface area contributed by atoms with E-state index in [0.29, 0.717) is 5.82 Å². The molecule has 16 aromatic rings. The molecule has 0 unspecified atom stereocenters. The van der Waals surface area contributed by atoms with E-state index in [0.717, 1.165) is 104 Å². The van der Waals surface area contributed by atoms with Crippen LogP contribution in [0, 0.1) is 0 Å². The molecule has 8 aromatic carbocycles. The quantitative estimate of drug-likeness (QED) is 0.170. The third kappa shape index (κ3) is 9.17. The van der Waals surface area contributed by atoms with E-state index in [-0.39, 0.29) is 0 Å². The third-order valence-electron chi connectivity index (χ3n) is 14.6. The molecule has 0 saturated carbocycles. The molecule has 81 heavy (non-hydrogen) atoms. The van der Waals surface area contributed by atoms with E-state index in [1.165, 1.54) is 22.0 Å². The molecule has 8 heterocycles. The van der Waals surface area contributed by atoms with Gasteiger partial charge in [0.15, 0.2) is 11.6 Å². The molecule has 10 nitrogen and oxygen atoms in total. The Morgan fingerprint density at radius 1 is 0.346 bits per heavy atom. The van der Waals surface area contributed by atoms with Crippen molar-refractivity contribution in [3.05, 3.63) is 285 Å². The predicted molar refractivity (Wildman–Crippen MR) is 333 cm³/mol. The average molecular weight is 1110 g/mol. The van der Waals surface area contributed by atoms with Gasteiger partial charge in [-0.3, -0.25) is 9.97 Å². The molecule has 0 saturated heterocycles. The summed E-state index contributed by atoms with van der Waals surface area (Å²) in [5, 5.41) is 4.65. The van der Waals surface area contributed by atoms with Crippen molar-refractivity contribution in [1.82, 2.24) is 48.6 Å². The van der Waals surface area contributed by atoms with Crippen LogP contribution in [0.3, 0.4) is 0 Å². The minimum atomic E-state index is 0.702. The number of fused-ring (bicyclic) bond motifs is 10. The zero-order valence-electron chi connectivity index (χ0n) is 43.5. The van der Waals surface area contributed by atoms with Crippen LogP contribution in [0.4, 0.5) is 0 Å². The molecule has 8 aromatic heterocycles. The lowest BCUT2D eigenvalue weighted by Gasteiger charge is -2.10. The summed E-state index contributed by atoms with van der Waals surface area (Å²) in [6, 6.07) is 79.1. The van der Waals surface area contributed by atoms with E-state index in [2.05, 4.69) is 214 Å². The van der Waals surface area contributed by atoms with Crippen LogP contribution in [0.15, 0.2) is 285 Å². The molecule has 1 N–H and O–H groups in total. The summed E-state index contributed by atoms with van der Waals surface area (Å²) >= 11 is 3.29. The van der Waals surface area contributed by atoms with Crippen molar-refractivity contribution in [3.63, 3.8) is 0 Å². The number of para-hydroxylation sites is 2. The van der Waals surface area contributed by atoms with Gasteiger partial charge in [0.1, 0.15) is 0 Å². The van der Waals surface area contributed by atoms with E-state index in [4.69, 9.17) is 15.0 Å². The maximum Gasteiger partial charge on any atom is 0.159 e. The zero-order chi connectivity index (χ0) is 54.1. The molecule has 384 valence electrons. The fourth-order valence-corrected chi connectivity index (χ4v) is 11.1. The molecule has 0 bridgehead atoms. The summed E-state index contributed by atoms with van der Waals surface area (Å²) in [7, 11) is 0. The van der Waals surface area contributed by atoms with Gasteiger partial charge in [-0.05, 0) is 99.9 Å². The number of aromatic nitrogens is 10. The molecule has 11 heteroatoms. The Morgan fingerprint density at radius 3 is 1.33 bits per heavy atom. The van der Waals surface area contributed by atoms with Crippen molar-refractivity contribution in [2.24, 2.45) is 0 Å². The molecule has 0 radical (unpaired) electrons. The van der Waals surface area contributed by atoms with E-state index in [1.54, 1.807) is 12.4 Å². The van der Waals surface area contributed by atoms with Gasteiger partial charge >= 0.3 is 0 Å². The first kappa shape index (κ1) is 48.7. The molecular formula is C70H47BrN10. The molecule has 0 aliphatic carbocycles. The van der Waals surface area contributed by atoms with Crippen LogP contribution in [0.5, 0.6) is 0 Å². The highest BCUT2D eigenvalue weighted by Gasteiger charge is 2.23. The van der Waals surface area contributed by atoms with Gasteiger partial charge in [0.2, 0.25) is 0 Å². The minimum absolute atomic E-state index is 0.702. The Hall–Kier alpha value is -10.6. The number of H-pyrrole nitrogens is 1. The van der Waals surface area contributed by atoms with Crippen molar-refractivity contribution in [1.29, 1.82) is 0 Å². The molecule has 16 rings (SSSR count). The summed E-state index contributed by atoms with van der Waals surface area (Å²) in [5.41, 5.74) is 18.6. The molecule has 0 fully saturated rings. The van der Waals surface area contributed by atoms with E-state index < -0.39 is 0 Å². The first-order chi connectivity index (χ1) is 40.1. The molecule has 0 amide bonds. The summed E-state index contributed by atoms with van der Waals surface area (Å²) in [6.07, 6.45) is 15.5. The van der Waals surface area contributed by atoms with Crippen molar-refractivity contribution < 1.29 is 0 Å². The lowest BCUT2D eigenvalue weighted by Crippen LogP contribution is -1.98. The van der Waals surface area contributed by atoms with Crippen molar-refractivity contribution in [2.75, 3.05) is 0 Å². The Morgan fingerprint density at radius 2 is 0.790 bits per heavy atom. The lowest BCUT2D eigenvalue weighted by atomic mass is 10.0. The Kier molecular flexibility index (Phi) is 12.8. The van der Waals surface area contributed by atoms with Crippen LogP contribution < -0.4 is 0 Å². The maximum absolute atomic E-state index is 4.83. The van der Waals surface area contributed by atoms with Gasteiger partial charge in [-0.1, -0.05) is 158 Å². The fraction of sp³-hybridized carbons (Fsp3) is 0. The zero-order valence-corrected chi connectivity index (χ0v) is 45.0. The highest BCUT2D eigenvalue weighted by atomic mass is 79.9. The maximum atomic E-state index is 4.83. The largest absolute Gasteiger partial charge is 0.353 e. The molecule has 0 spiro atoms. The predicted octanol–water partition coefficient (Wildman–Crippen LogP) is 17.5. The summed E-state index contributed by atoms with van der Waals surface area (Å²) in [4.78, 5) is 31.0. The van der Waals surface area contributed by atoms with Crippen molar-refractivity contribution in [3.8, 4) is 62.1 Å². The first-order valence-electron chi connectivity index (χ1n) is 26.6. The summed E-state index contributed by atoms with van der Waals surface area (Å²) in [5.74, 6) is 1.46. The Bertz CT molecular complexity index is 4830. The SMILES string of the molecule is Brc1cnc(-c2ccccc2)nc1.c1ccc(-c2cn(-c3ccccc3)c3ccc4c5ncccc5[nH]c4c23)cc1.c1ccc(-c2ncc(-n3c4cccnc4c4ccc5c(c(-c6ccccc6)cn5-c5ccccc5)c43)cn2)cc1. The van der Waals surface area contributed by atoms with Gasteiger partial charge < -0.3 is 18.7 Å². The smallest absolute Gasteiger partial charge is 0.159 e. The Labute approximate surface area is 474 Å². The van der Waals surface area contributed by atoms with Crippen molar-refractivity contribution in [2.45, 2.75) is 0 Å². The topological polar surface area (TPSA) is 108 Å². The number of pyridine rings is 2. The number of rotatable bonds is 7. The van der Waals surface area contributed by atoms with E-state index in [9.17, 15) is 0 Å². The fourth-order valence-electron chi connectivity index (χ4n) is 10.9. The third-order valence-corrected chi connectivity index (χ3v) is 15.0. The summed E-state index contributed by atoms with van der Waals surface area (Å²) < 4.78 is 7.71. The number of benzene rings is 8. The second-order valence-corrected chi connectivity index (χ2v) is 20.3. The summed E-state index contributed by atoms with van der Waals surface area (Å²) in [6.45, 7) is 0. The van der Waals surface area contributed by atoms with Gasteiger partial charge in [0.05, 0.1) is 66.7 Å². The lowest BCUT2D eigenvalue weighted by molar-refractivity contribution is 1.08. The van der Waals surface area contributed by atoms with Gasteiger partial charge in [0.25, 0.3) is 0 Å². The van der Waals surface area contributed by atoms with Gasteiger partial charge in [-0.2, -0.15) is 0 Å². The number of halogens is 1. The average Bonchev–Trinajstić information content (AvgIpc) is 4.34. The van der Waals surface area contributed by atoms with Crippen LogP contribution >= 0.6 is 15.9 Å². The monoisotopic (exact) mass is 1110 g/mol. The number of hydrogen-bond acceptors (Lipinski definition) is 6. The molecule has 0 aliphatic heterocycles. The van der Waals surface area contributed by atoms with E-state index >= 15 is 0 Å². The van der Waals surface area contributed by atoms with E-state index in [1.807, 2.05) is 104 Å². The van der Waals surface area contributed by atoms with Crippen LogP contribution in [0.25, 0.3) is 128 Å². The number of hydrogen-bond donors (Lipinski definition) is 1. The second kappa shape index (κ2) is 21.3. The van der Waals surface area contributed by atoms with Crippen LogP contribution in [-0.4, -0.2) is 48.6 Å². The number of nitrogens with zero attached hydrogens (tertiary/aromatic N) is 9. The normalized spacial score (nSPS) is 11.3. The number of nitrogens with one attached hydrogen (secondary N) is 1. The van der Waals surface area contributed by atoms with Gasteiger partial charge in [-0.15, -0.1) is 0 Å². The van der Waals surface area contributed by atoms with Crippen LogP contribution in [-0.2, 0) is 0 Å². The van der Waals surface area contributed by atoms with Crippen LogP contribution in [0.1, 0.15) is 0 Å². The second-order valence-electron chi connectivity index (χ2n) is 19.4.